The number of rotatable bonds is 26. The number of hydrogen-bond acceptors (Lipinski definition) is 2. The number of unbranched alkanes of at least 4 members (excludes halogenated alkanes) is 17. The first kappa shape index (κ1) is 32.5. The van der Waals surface area contributed by atoms with E-state index in [2.05, 4.69) is 20.8 Å². The third kappa shape index (κ3) is 23.0. The summed E-state index contributed by atoms with van der Waals surface area (Å²) in [5.74, 6) is 0.651. The van der Waals surface area contributed by atoms with Crippen LogP contribution >= 0.6 is 0 Å². The molecule has 0 saturated heterocycles. The Kier molecular flexibility index (Phi) is 25.7. The first-order valence-electron chi connectivity index (χ1n) is 15.3. The minimum atomic E-state index is 0.0242. The zero-order chi connectivity index (χ0) is 24.4. The highest BCUT2D eigenvalue weighted by molar-refractivity contribution is 5.71. The lowest BCUT2D eigenvalue weighted by molar-refractivity contribution is -0.149. The number of carbonyl (C=O) groups is 1. The quantitative estimate of drug-likeness (QED) is 0.0935. The van der Waals surface area contributed by atoms with E-state index in [1.54, 1.807) is 0 Å². The van der Waals surface area contributed by atoms with E-state index in [1.165, 1.54) is 135 Å². The summed E-state index contributed by atoms with van der Waals surface area (Å²) in [4.78, 5) is 12.3. The monoisotopic (exact) mass is 466 g/mol. The van der Waals surface area contributed by atoms with E-state index < -0.39 is 0 Å². The normalized spacial score (nSPS) is 13.2. The fraction of sp³-hybridized carbons (Fsp3) is 0.968. The van der Waals surface area contributed by atoms with Crippen molar-refractivity contribution in [1.29, 1.82) is 0 Å². The minimum Gasteiger partial charge on any atom is -0.465 e. The van der Waals surface area contributed by atoms with Crippen molar-refractivity contribution in [3.63, 3.8) is 0 Å². The maximum absolute atomic E-state index is 12.3. The summed E-state index contributed by atoms with van der Waals surface area (Å²) in [6, 6.07) is 0. The molecule has 2 heteroatoms. The van der Waals surface area contributed by atoms with Crippen LogP contribution in [0.25, 0.3) is 0 Å². The molecule has 0 spiro atoms. The van der Waals surface area contributed by atoms with Crippen LogP contribution < -0.4 is 0 Å². The Morgan fingerprint density at radius 1 is 0.515 bits per heavy atom. The summed E-state index contributed by atoms with van der Waals surface area (Å²) in [6.07, 6.45) is 30.8. The summed E-state index contributed by atoms with van der Waals surface area (Å²) < 4.78 is 5.75. The van der Waals surface area contributed by atoms with Gasteiger partial charge in [0.1, 0.15) is 0 Å². The van der Waals surface area contributed by atoms with Gasteiger partial charge in [-0.1, -0.05) is 156 Å². The van der Waals surface area contributed by atoms with Crippen molar-refractivity contribution in [2.75, 3.05) is 6.61 Å². The van der Waals surface area contributed by atoms with Crippen LogP contribution in [0.5, 0.6) is 0 Å². The van der Waals surface area contributed by atoms with Gasteiger partial charge in [0, 0.05) is 0 Å². The van der Waals surface area contributed by atoms with Gasteiger partial charge >= 0.3 is 5.97 Å². The van der Waals surface area contributed by atoms with Gasteiger partial charge in [0.25, 0.3) is 0 Å². The van der Waals surface area contributed by atoms with Crippen molar-refractivity contribution in [1.82, 2.24) is 0 Å². The van der Waals surface area contributed by atoms with Crippen molar-refractivity contribution in [3.05, 3.63) is 0 Å². The summed E-state index contributed by atoms with van der Waals surface area (Å²) in [6.45, 7) is 9.38. The summed E-state index contributed by atoms with van der Waals surface area (Å²) in [7, 11) is 0. The van der Waals surface area contributed by atoms with Gasteiger partial charge in [-0.15, -0.1) is 0 Å². The number of ether oxygens (including phenoxy) is 1. The molecule has 33 heavy (non-hydrogen) atoms. The topological polar surface area (TPSA) is 26.3 Å². The highest BCUT2D eigenvalue weighted by Gasteiger charge is 2.16. The Bertz CT molecular complexity index is 392. The van der Waals surface area contributed by atoms with Gasteiger partial charge in [-0.3, -0.25) is 4.79 Å². The maximum atomic E-state index is 12.3. The minimum absolute atomic E-state index is 0.0242. The molecule has 0 fully saturated rings. The first-order valence-corrected chi connectivity index (χ1v) is 15.3. The molecule has 2 nitrogen and oxygen atoms in total. The molecule has 0 aliphatic rings. The molecule has 0 amide bonds. The molecular weight excluding hydrogens is 404 g/mol. The van der Waals surface area contributed by atoms with Crippen molar-refractivity contribution in [2.45, 2.75) is 175 Å². The lowest BCUT2D eigenvalue weighted by Crippen LogP contribution is -2.19. The third-order valence-electron chi connectivity index (χ3n) is 7.27. The van der Waals surface area contributed by atoms with Gasteiger partial charge in [0.2, 0.25) is 0 Å². The average molecular weight is 467 g/mol. The molecule has 198 valence electrons. The van der Waals surface area contributed by atoms with E-state index in [1.807, 2.05) is 6.92 Å². The van der Waals surface area contributed by atoms with Crippen LogP contribution in [0.1, 0.15) is 175 Å². The van der Waals surface area contributed by atoms with Crippen molar-refractivity contribution >= 4 is 5.97 Å². The van der Waals surface area contributed by atoms with Gasteiger partial charge in [-0.05, 0) is 25.2 Å². The number of hydrogen-bond donors (Lipinski definition) is 0. The van der Waals surface area contributed by atoms with Crippen LogP contribution in [0.4, 0.5) is 0 Å². The second-order valence-electron chi connectivity index (χ2n) is 10.8. The molecular formula is C31H62O2. The zero-order valence-corrected chi connectivity index (χ0v) is 23.4. The van der Waals surface area contributed by atoms with Gasteiger partial charge in [-0.25, -0.2) is 0 Å². The van der Waals surface area contributed by atoms with Crippen molar-refractivity contribution < 1.29 is 9.53 Å². The first-order chi connectivity index (χ1) is 16.2. The molecule has 0 bridgehead atoms. The fourth-order valence-corrected chi connectivity index (χ4v) is 4.87. The molecule has 0 aliphatic heterocycles. The summed E-state index contributed by atoms with van der Waals surface area (Å²) >= 11 is 0. The van der Waals surface area contributed by atoms with E-state index in [0.717, 1.165) is 12.8 Å². The van der Waals surface area contributed by atoms with Crippen LogP contribution in [0.3, 0.4) is 0 Å². The SMILES string of the molecule is CCCCCCCCCCCCCCC(CCCCCCCCC)COC(=O)C(C)CCC. The van der Waals surface area contributed by atoms with Crippen LogP contribution in [-0.2, 0) is 9.53 Å². The van der Waals surface area contributed by atoms with Crippen molar-refractivity contribution in [3.8, 4) is 0 Å². The van der Waals surface area contributed by atoms with Gasteiger partial charge in [0.15, 0.2) is 0 Å². The lowest BCUT2D eigenvalue weighted by atomic mass is 9.94. The molecule has 0 rings (SSSR count). The van der Waals surface area contributed by atoms with Crippen LogP contribution in [-0.4, -0.2) is 12.6 Å². The molecule has 0 saturated carbocycles. The molecule has 0 N–H and O–H groups in total. The van der Waals surface area contributed by atoms with Gasteiger partial charge < -0.3 is 4.74 Å². The maximum Gasteiger partial charge on any atom is 0.308 e. The molecule has 0 radical (unpaired) electrons. The molecule has 0 heterocycles. The molecule has 0 aromatic heterocycles. The predicted molar refractivity (Wildman–Crippen MR) is 147 cm³/mol. The lowest BCUT2D eigenvalue weighted by Gasteiger charge is -2.19. The van der Waals surface area contributed by atoms with E-state index in [-0.39, 0.29) is 11.9 Å². The van der Waals surface area contributed by atoms with E-state index in [0.29, 0.717) is 12.5 Å². The van der Waals surface area contributed by atoms with Crippen LogP contribution in [0, 0.1) is 11.8 Å². The molecule has 2 atom stereocenters. The summed E-state index contributed by atoms with van der Waals surface area (Å²) in [5.41, 5.74) is 0. The molecule has 0 aliphatic carbocycles. The smallest absolute Gasteiger partial charge is 0.308 e. The van der Waals surface area contributed by atoms with Crippen molar-refractivity contribution in [2.24, 2.45) is 11.8 Å². The van der Waals surface area contributed by atoms with E-state index in [9.17, 15) is 4.79 Å². The number of esters is 1. The molecule has 0 aromatic rings. The number of carbonyl (C=O) groups excluding carboxylic acids is 1. The average Bonchev–Trinajstić information content (AvgIpc) is 2.81. The molecule has 2 unspecified atom stereocenters. The second-order valence-corrected chi connectivity index (χ2v) is 10.8. The molecule has 0 aromatic carbocycles. The zero-order valence-electron chi connectivity index (χ0n) is 23.4. The van der Waals surface area contributed by atoms with Gasteiger partial charge in [0.05, 0.1) is 12.5 Å². The Labute approximate surface area is 209 Å². The highest BCUT2D eigenvalue weighted by Crippen LogP contribution is 2.21. The second kappa shape index (κ2) is 26.1. The highest BCUT2D eigenvalue weighted by atomic mass is 16.5. The fourth-order valence-electron chi connectivity index (χ4n) is 4.87. The Hall–Kier alpha value is -0.530. The Morgan fingerprint density at radius 2 is 0.879 bits per heavy atom. The largest absolute Gasteiger partial charge is 0.465 e. The van der Waals surface area contributed by atoms with Crippen LogP contribution in [0.15, 0.2) is 0 Å². The standard InChI is InChI=1S/C31H62O2/c1-5-8-10-12-14-15-16-17-18-20-22-24-27-30(26-23-21-19-13-11-9-6-2)28-33-31(32)29(4)25-7-3/h29-30H,5-28H2,1-4H3. The van der Waals surface area contributed by atoms with Crippen LogP contribution in [0.2, 0.25) is 0 Å². The summed E-state index contributed by atoms with van der Waals surface area (Å²) in [5, 5.41) is 0. The Morgan fingerprint density at radius 3 is 1.24 bits per heavy atom. The Balaban J connectivity index is 3.96. The van der Waals surface area contributed by atoms with Gasteiger partial charge in [-0.2, -0.15) is 0 Å². The predicted octanol–water partition coefficient (Wildman–Crippen LogP) is 10.8. The third-order valence-corrected chi connectivity index (χ3v) is 7.27. The van der Waals surface area contributed by atoms with E-state index in [4.69, 9.17) is 4.74 Å². The van der Waals surface area contributed by atoms with E-state index >= 15 is 0 Å².